The van der Waals surface area contributed by atoms with Gasteiger partial charge >= 0.3 is 0 Å². The molecule has 2 aromatic rings. The Labute approximate surface area is 148 Å². The summed E-state index contributed by atoms with van der Waals surface area (Å²) in [5.41, 5.74) is 3.85. The predicted octanol–water partition coefficient (Wildman–Crippen LogP) is 2.87. The third-order valence-electron chi connectivity index (χ3n) is 4.42. The number of hydrogen-bond acceptors (Lipinski definition) is 6. The highest BCUT2D eigenvalue weighted by atomic mass is 15.2. The predicted molar refractivity (Wildman–Crippen MR) is 102 cm³/mol. The lowest BCUT2D eigenvalue weighted by Crippen LogP contribution is -2.44. The van der Waals surface area contributed by atoms with Crippen LogP contribution in [0, 0.1) is 13.5 Å². The van der Waals surface area contributed by atoms with Gasteiger partial charge in [-0.15, -0.1) is 0 Å². The molecule has 130 valence electrons. The molecule has 25 heavy (non-hydrogen) atoms. The van der Waals surface area contributed by atoms with Gasteiger partial charge in [-0.05, 0) is 37.7 Å². The van der Waals surface area contributed by atoms with Crippen LogP contribution in [0.1, 0.15) is 5.56 Å². The number of aromatic nitrogens is 2. The third kappa shape index (κ3) is 3.80. The van der Waals surface area contributed by atoms with E-state index in [1.165, 1.54) is 17.4 Å². The molecule has 0 spiro atoms. The van der Waals surface area contributed by atoms with Crippen LogP contribution in [0.2, 0.25) is 0 Å². The van der Waals surface area contributed by atoms with E-state index in [1.807, 2.05) is 6.07 Å². The molecule has 2 N–H and O–H groups in total. The maximum atomic E-state index is 7.12. The summed E-state index contributed by atoms with van der Waals surface area (Å²) in [4.78, 5) is 16.7. The second-order valence-corrected chi connectivity index (χ2v) is 6.21. The zero-order valence-corrected chi connectivity index (χ0v) is 14.9. The number of nitrogens with zero attached hydrogens (tertiary/aromatic N) is 5. The zero-order valence-electron chi connectivity index (χ0n) is 14.9. The van der Waals surface area contributed by atoms with E-state index in [9.17, 15) is 0 Å². The Kier molecular flexibility index (Phi) is 5.00. The molecule has 0 amide bonds. The summed E-state index contributed by atoms with van der Waals surface area (Å²) >= 11 is 0. The van der Waals surface area contributed by atoms with Crippen LogP contribution in [0.5, 0.6) is 0 Å². The normalized spacial score (nSPS) is 14.9. The van der Waals surface area contributed by atoms with Gasteiger partial charge in [0, 0.05) is 50.8 Å². The Morgan fingerprint density at radius 3 is 2.60 bits per heavy atom. The van der Waals surface area contributed by atoms with Crippen molar-refractivity contribution in [1.82, 2.24) is 14.9 Å². The summed E-state index contributed by atoms with van der Waals surface area (Å²) in [7, 11) is 3.91. The minimum atomic E-state index is 0.412. The van der Waals surface area contributed by atoms with E-state index in [2.05, 4.69) is 61.4 Å². The highest BCUT2D eigenvalue weighted by Gasteiger charge is 2.16. The van der Waals surface area contributed by atoms with E-state index in [0.717, 1.165) is 31.9 Å². The monoisotopic (exact) mass is 337 g/mol. The van der Waals surface area contributed by atoms with Gasteiger partial charge in [0.2, 0.25) is 11.6 Å². The molecule has 1 saturated heterocycles. The molecule has 0 atom stereocenters. The fourth-order valence-corrected chi connectivity index (χ4v) is 2.97. The molecule has 1 aliphatic heterocycles. The van der Waals surface area contributed by atoms with E-state index in [-0.39, 0.29) is 0 Å². The van der Waals surface area contributed by atoms with Gasteiger partial charge < -0.3 is 20.4 Å². The number of aryl methyl sites for hydroxylation is 1. The van der Waals surface area contributed by atoms with Crippen molar-refractivity contribution in [3.8, 4) is 0 Å². The standard InChI is InChI=1S/C18H23N7/c1-13-11-14(5-6-16(13)25-9-7-24(4)8-10-25)22-18-21-12-15(19-2)17(20-3)23-18/h5-6,11-12H,7-10H2,1,3-4H3,(H2,20,21,22,23). The number of nitrogens with one attached hydrogen (secondary N) is 2. The minimum Gasteiger partial charge on any atom is -0.382 e. The number of piperazine rings is 1. The average Bonchev–Trinajstić information content (AvgIpc) is 2.63. The largest absolute Gasteiger partial charge is 0.382 e. The molecule has 7 nitrogen and oxygen atoms in total. The lowest BCUT2D eigenvalue weighted by atomic mass is 10.1. The van der Waals surface area contributed by atoms with Crippen LogP contribution >= 0.6 is 0 Å². The van der Waals surface area contributed by atoms with Crippen LogP contribution in [-0.4, -0.2) is 55.1 Å². The summed E-state index contributed by atoms with van der Waals surface area (Å²) in [6.45, 7) is 13.5. The van der Waals surface area contributed by atoms with Crippen LogP contribution in [0.15, 0.2) is 24.4 Å². The summed E-state index contributed by atoms with van der Waals surface area (Å²) in [5.74, 6) is 1.00. The lowest BCUT2D eigenvalue weighted by Gasteiger charge is -2.35. The second kappa shape index (κ2) is 7.36. The van der Waals surface area contributed by atoms with Crippen LogP contribution in [-0.2, 0) is 0 Å². The van der Waals surface area contributed by atoms with E-state index in [0.29, 0.717) is 17.5 Å². The highest BCUT2D eigenvalue weighted by molar-refractivity contribution is 5.68. The first-order valence-corrected chi connectivity index (χ1v) is 8.34. The molecule has 7 heteroatoms. The van der Waals surface area contributed by atoms with Gasteiger partial charge in [0.1, 0.15) is 5.82 Å². The van der Waals surface area contributed by atoms with Gasteiger partial charge in [-0.25, -0.2) is 14.8 Å². The van der Waals surface area contributed by atoms with Crippen molar-refractivity contribution in [3.63, 3.8) is 0 Å². The van der Waals surface area contributed by atoms with Crippen molar-refractivity contribution in [2.75, 3.05) is 55.8 Å². The van der Waals surface area contributed by atoms with Crippen LogP contribution in [0.4, 0.5) is 28.8 Å². The van der Waals surface area contributed by atoms with Crippen molar-refractivity contribution < 1.29 is 0 Å². The Bertz CT molecular complexity index is 788. The molecule has 0 radical (unpaired) electrons. The zero-order chi connectivity index (χ0) is 17.8. The molecule has 3 rings (SSSR count). The summed E-state index contributed by atoms with van der Waals surface area (Å²) in [5, 5.41) is 6.14. The fourth-order valence-electron chi connectivity index (χ4n) is 2.97. The highest BCUT2D eigenvalue weighted by Crippen LogP contribution is 2.27. The molecule has 1 aromatic heterocycles. The molecular formula is C18H23N7. The smallest absolute Gasteiger partial charge is 0.246 e. The Morgan fingerprint density at radius 2 is 1.96 bits per heavy atom. The van der Waals surface area contributed by atoms with Gasteiger partial charge in [-0.3, -0.25) is 0 Å². The van der Waals surface area contributed by atoms with E-state index < -0.39 is 0 Å². The van der Waals surface area contributed by atoms with Gasteiger partial charge in [0.25, 0.3) is 0 Å². The quantitative estimate of drug-likeness (QED) is 0.837. The van der Waals surface area contributed by atoms with Gasteiger partial charge in [-0.1, -0.05) is 0 Å². The molecule has 0 unspecified atom stereocenters. The SMILES string of the molecule is [C-]#[N+]c1cnc(Nc2ccc(N3CCN(C)CC3)c(C)c2)nc1NC. The second-order valence-electron chi connectivity index (χ2n) is 6.21. The molecule has 1 aromatic carbocycles. The van der Waals surface area contributed by atoms with Crippen molar-refractivity contribution in [3.05, 3.63) is 41.4 Å². The lowest BCUT2D eigenvalue weighted by molar-refractivity contribution is 0.312. The van der Waals surface area contributed by atoms with Gasteiger partial charge in [-0.2, -0.15) is 0 Å². The average molecular weight is 337 g/mol. The first-order chi connectivity index (χ1) is 12.1. The maximum absolute atomic E-state index is 7.12. The Hall–Kier alpha value is -2.85. The molecule has 0 aliphatic carbocycles. The van der Waals surface area contributed by atoms with Gasteiger partial charge in [0.15, 0.2) is 0 Å². The number of likely N-dealkylation sites (N-methyl/N-ethyl adjacent to an activating group) is 1. The fraction of sp³-hybridized carbons (Fsp3) is 0.389. The third-order valence-corrected chi connectivity index (χ3v) is 4.42. The molecule has 1 aliphatic rings. The first kappa shape index (κ1) is 17.0. The number of rotatable bonds is 4. The van der Waals surface area contributed by atoms with E-state index in [4.69, 9.17) is 6.57 Å². The van der Waals surface area contributed by atoms with Crippen molar-refractivity contribution in [2.45, 2.75) is 6.92 Å². The van der Waals surface area contributed by atoms with E-state index >= 15 is 0 Å². The summed E-state index contributed by atoms with van der Waals surface area (Å²) < 4.78 is 0. The van der Waals surface area contributed by atoms with Crippen LogP contribution in [0.3, 0.4) is 0 Å². The Balaban J connectivity index is 1.76. The van der Waals surface area contributed by atoms with Gasteiger partial charge in [0.05, 0.1) is 6.57 Å². The molecule has 0 bridgehead atoms. The minimum absolute atomic E-state index is 0.412. The van der Waals surface area contributed by atoms with Crippen molar-refractivity contribution >= 4 is 28.8 Å². The molecule has 1 fully saturated rings. The number of hydrogen-bond donors (Lipinski definition) is 2. The van der Waals surface area contributed by atoms with Crippen LogP contribution < -0.4 is 15.5 Å². The number of anilines is 4. The van der Waals surface area contributed by atoms with Crippen molar-refractivity contribution in [1.29, 1.82) is 0 Å². The Morgan fingerprint density at radius 1 is 1.20 bits per heavy atom. The van der Waals surface area contributed by atoms with Crippen molar-refractivity contribution in [2.24, 2.45) is 0 Å². The number of benzene rings is 1. The first-order valence-electron chi connectivity index (χ1n) is 8.34. The molecule has 0 saturated carbocycles. The van der Waals surface area contributed by atoms with Crippen LogP contribution in [0.25, 0.3) is 4.85 Å². The summed E-state index contributed by atoms with van der Waals surface area (Å²) in [6.07, 6.45) is 1.53. The maximum Gasteiger partial charge on any atom is 0.246 e. The van der Waals surface area contributed by atoms with E-state index in [1.54, 1.807) is 7.05 Å². The summed E-state index contributed by atoms with van der Waals surface area (Å²) in [6, 6.07) is 6.31. The molecule has 2 heterocycles. The molecular weight excluding hydrogens is 314 g/mol. The topological polar surface area (TPSA) is 60.7 Å².